The van der Waals surface area contributed by atoms with E-state index in [1.807, 2.05) is 13.8 Å². The number of nitrogens with one attached hydrogen (secondary N) is 2. The predicted octanol–water partition coefficient (Wildman–Crippen LogP) is 0.668. The molecule has 2 N–H and O–H groups in total. The SMILES string of the molecule is COC1CC(NCCC(=O)NC(C)C)C1. The Morgan fingerprint density at radius 2 is 2.13 bits per heavy atom. The van der Waals surface area contributed by atoms with Crippen LogP contribution in [0.15, 0.2) is 0 Å². The molecule has 0 heterocycles. The highest BCUT2D eigenvalue weighted by atomic mass is 16.5. The highest BCUT2D eigenvalue weighted by Crippen LogP contribution is 2.22. The minimum absolute atomic E-state index is 0.125. The maximum absolute atomic E-state index is 11.3. The third kappa shape index (κ3) is 4.62. The predicted molar refractivity (Wildman–Crippen MR) is 59.7 cm³/mol. The quantitative estimate of drug-likeness (QED) is 0.683. The Hall–Kier alpha value is -0.610. The largest absolute Gasteiger partial charge is 0.381 e. The van der Waals surface area contributed by atoms with Gasteiger partial charge in [0.25, 0.3) is 0 Å². The lowest BCUT2D eigenvalue weighted by Crippen LogP contribution is -2.46. The molecule has 0 unspecified atom stereocenters. The molecule has 0 aliphatic heterocycles. The Labute approximate surface area is 91.8 Å². The van der Waals surface area contributed by atoms with E-state index in [1.165, 1.54) is 0 Å². The first-order valence-electron chi connectivity index (χ1n) is 5.67. The van der Waals surface area contributed by atoms with Crippen molar-refractivity contribution >= 4 is 5.91 Å². The second-order valence-electron chi connectivity index (χ2n) is 4.45. The first kappa shape index (κ1) is 12.5. The fourth-order valence-corrected chi connectivity index (χ4v) is 1.71. The van der Waals surface area contributed by atoms with Crippen molar-refractivity contribution in [2.45, 2.75) is 51.3 Å². The highest BCUT2D eigenvalue weighted by Gasteiger charge is 2.28. The van der Waals surface area contributed by atoms with Crippen molar-refractivity contribution in [1.82, 2.24) is 10.6 Å². The van der Waals surface area contributed by atoms with Crippen molar-refractivity contribution in [2.24, 2.45) is 0 Å². The van der Waals surface area contributed by atoms with Gasteiger partial charge in [0.05, 0.1) is 6.10 Å². The van der Waals surface area contributed by atoms with Crippen LogP contribution in [0.5, 0.6) is 0 Å². The molecular weight excluding hydrogens is 192 g/mol. The molecule has 0 atom stereocenters. The van der Waals surface area contributed by atoms with Crippen molar-refractivity contribution in [2.75, 3.05) is 13.7 Å². The number of rotatable bonds is 6. The van der Waals surface area contributed by atoms with E-state index in [4.69, 9.17) is 4.74 Å². The summed E-state index contributed by atoms with van der Waals surface area (Å²) < 4.78 is 5.18. The van der Waals surface area contributed by atoms with Crippen LogP contribution in [-0.2, 0) is 9.53 Å². The van der Waals surface area contributed by atoms with Crippen LogP contribution in [0, 0.1) is 0 Å². The first-order chi connectivity index (χ1) is 7.11. The van der Waals surface area contributed by atoms with Crippen molar-refractivity contribution in [3.63, 3.8) is 0 Å². The minimum Gasteiger partial charge on any atom is -0.381 e. The Bertz CT molecular complexity index is 201. The summed E-state index contributed by atoms with van der Waals surface area (Å²) in [5, 5.41) is 6.22. The average Bonchev–Trinajstić information content (AvgIpc) is 2.07. The third-order valence-electron chi connectivity index (χ3n) is 2.66. The molecule has 1 rings (SSSR count). The fraction of sp³-hybridized carbons (Fsp3) is 0.909. The maximum Gasteiger partial charge on any atom is 0.221 e. The van der Waals surface area contributed by atoms with E-state index in [2.05, 4.69) is 10.6 Å². The fourth-order valence-electron chi connectivity index (χ4n) is 1.71. The Kier molecular flexibility index (Phi) is 5.05. The second-order valence-corrected chi connectivity index (χ2v) is 4.45. The van der Waals surface area contributed by atoms with Crippen LogP contribution in [0.1, 0.15) is 33.1 Å². The van der Waals surface area contributed by atoms with E-state index in [0.29, 0.717) is 18.6 Å². The number of hydrogen-bond acceptors (Lipinski definition) is 3. The first-order valence-corrected chi connectivity index (χ1v) is 5.67. The van der Waals surface area contributed by atoms with Crippen LogP contribution in [0.3, 0.4) is 0 Å². The maximum atomic E-state index is 11.3. The molecule has 0 aromatic heterocycles. The summed E-state index contributed by atoms with van der Waals surface area (Å²) in [6.07, 6.45) is 3.13. The normalized spacial score (nSPS) is 25.1. The number of carbonyl (C=O) groups excluding carboxylic acids is 1. The summed E-state index contributed by atoms with van der Waals surface area (Å²) in [6.45, 7) is 4.71. The molecule has 0 radical (unpaired) electrons. The molecule has 1 aliphatic carbocycles. The zero-order valence-electron chi connectivity index (χ0n) is 9.88. The van der Waals surface area contributed by atoms with Gasteiger partial charge in [-0.3, -0.25) is 4.79 Å². The van der Waals surface area contributed by atoms with E-state index in [0.717, 1.165) is 19.4 Å². The van der Waals surface area contributed by atoms with Crippen LogP contribution in [0.2, 0.25) is 0 Å². The van der Waals surface area contributed by atoms with Gasteiger partial charge in [-0.25, -0.2) is 0 Å². The Morgan fingerprint density at radius 1 is 1.47 bits per heavy atom. The molecule has 1 saturated carbocycles. The standard InChI is InChI=1S/C11H22N2O2/c1-8(2)13-11(14)4-5-12-9-6-10(7-9)15-3/h8-10,12H,4-7H2,1-3H3,(H,13,14). The molecule has 0 aromatic carbocycles. The van der Waals surface area contributed by atoms with Gasteiger partial charge >= 0.3 is 0 Å². The van der Waals surface area contributed by atoms with Gasteiger partial charge in [0.1, 0.15) is 0 Å². The molecule has 0 spiro atoms. The van der Waals surface area contributed by atoms with Gasteiger partial charge in [-0.1, -0.05) is 0 Å². The second kappa shape index (κ2) is 6.08. The zero-order valence-corrected chi connectivity index (χ0v) is 9.88. The summed E-state index contributed by atoms with van der Waals surface area (Å²) >= 11 is 0. The highest BCUT2D eigenvalue weighted by molar-refractivity contribution is 5.76. The van der Waals surface area contributed by atoms with E-state index in [-0.39, 0.29) is 11.9 Å². The Morgan fingerprint density at radius 3 is 2.67 bits per heavy atom. The lowest BCUT2D eigenvalue weighted by atomic mass is 9.89. The van der Waals surface area contributed by atoms with Crippen LogP contribution >= 0.6 is 0 Å². The van der Waals surface area contributed by atoms with Gasteiger partial charge < -0.3 is 15.4 Å². The number of hydrogen-bond donors (Lipinski definition) is 2. The number of amides is 1. The molecule has 15 heavy (non-hydrogen) atoms. The van der Waals surface area contributed by atoms with Crippen LogP contribution in [-0.4, -0.2) is 37.7 Å². The lowest BCUT2D eigenvalue weighted by molar-refractivity contribution is -0.121. The molecule has 1 fully saturated rings. The van der Waals surface area contributed by atoms with Gasteiger partial charge in [0, 0.05) is 32.2 Å². The van der Waals surface area contributed by atoms with Crippen molar-refractivity contribution in [1.29, 1.82) is 0 Å². The summed E-state index contributed by atoms with van der Waals surface area (Å²) in [4.78, 5) is 11.3. The lowest BCUT2D eigenvalue weighted by Gasteiger charge is -2.34. The van der Waals surface area contributed by atoms with Crippen LogP contribution in [0.4, 0.5) is 0 Å². The monoisotopic (exact) mass is 214 g/mol. The summed E-state index contributed by atoms with van der Waals surface area (Å²) in [5.74, 6) is 0.125. The molecule has 0 aromatic rings. The number of methoxy groups -OCH3 is 1. The summed E-state index contributed by atoms with van der Waals surface area (Å²) in [5.41, 5.74) is 0. The molecule has 4 nitrogen and oxygen atoms in total. The summed E-state index contributed by atoms with van der Waals surface area (Å²) in [7, 11) is 1.75. The topological polar surface area (TPSA) is 50.4 Å². The van der Waals surface area contributed by atoms with Gasteiger partial charge in [-0.05, 0) is 26.7 Å². The van der Waals surface area contributed by atoms with Gasteiger partial charge in [0.2, 0.25) is 5.91 Å². The van der Waals surface area contributed by atoms with Gasteiger partial charge in [-0.2, -0.15) is 0 Å². The van der Waals surface area contributed by atoms with Crippen LogP contribution < -0.4 is 10.6 Å². The minimum atomic E-state index is 0.125. The Balaban J connectivity index is 1.96. The third-order valence-corrected chi connectivity index (χ3v) is 2.66. The van der Waals surface area contributed by atoms with Crippen LogP contribution in [0.25, 0.3) is 0 Å². The smallest absolute Gasteiger partial charge is 0.221 e. The molecule has 1 aliphatic rings. The number of ether oxygens (including phenoxy) is 1. The average molecular weight is 214 g/mol. The zero-order chi connectivity index (χ0) is 11.3. The molecule has 88 valence electrons. The number of carbonyl (C=O) groups is 1. The van der Waals surface area contributed by atoms with Gasteiger partial charge in [0.15, 0.2) is 0 Å². The van der Waals surface area contributed by atoms with E-state index in [9.17, 15) is 4.79 Å². The van der Waals surface area contributed by atoms with Crippen molar-refractivity contribution in [3.05, 3.63) is 0 Å². The van der Waals surface area contributed by atoms with E-state index < -0.39 is 0 Å². The molecule has 4 heteroatoms. The summed E-state index contributed by atoms with van der Waals surface area (Å²) in [6, 6.07) is 0.779. The van der Waals surface area contributed by atoms with Crippen molar-refractivity contribution < 1.29 is 9.53 Å². The van der Waals surface area contributed by atoms with Gasteiger partial charge in [-0.15, -0.1) is 0 Å². The van der Waals surface area contributed by atoms with E-state index in [1.54, 1.807) is 7.11 Å². The molecule has 0 bridgehead atoms. The van der Waals surface area contributed by atoms with Crippen molar-refractivity contribution in [3.8, 4) is 0 Å². The molecular formula is C11H22N2O2. The molecule has 0 saturated heterocycles. The molecule has 1 amide bonds. The van der Waals surface area contributed by atoms with E-state index >= 15 is 0 Å².